The SMILES string of the molecule is CC(C)c1ccc(C(=O)OCC(=O)N[C@@H]2CCCC[C@H]2C)cc1. The molecule has 2 rings (SSSR count). The number of carbonyl (C=O) groups is 2. The molecule has 1 aromatic carbocycles. The number of ether oxygens (including phenoxy) is 1. The number of hydrogen-bond acceptors (Lipinski definition) is 3. The van der Waals surface area contributed by atoms with Crippen molar-refractivity contribution in [2.45, 2.75) is 58.4 Å². The average Bonchev–Trinajstić information content (AvgIpc) is 2.55. The normalized spacial score (nSPS) is 21.0. The maximum Gasteiger partial charge on any atom is 0.338 e. The van der Waals surface area contributed by atoms with Crippen LogP contribution in [0.25, 0.3) is 0 Å². The Hall–Kier alpha value is -1.84. The minimum atomic E-state index is -0.452. The van der Waals surface area contributed by atoms with Crippen molar-refractivity contribution in [3.8, 4) is 0 Å². The zero-order valence-electron chi connectivity index (χ0n) is 14.3. The monoisotopic (exact) mass is 317 g/mol. The van der Waals surface area contributed by atoms with Gasteiger partial charge in [-0.05, 0) is 42.4 Å². The van der Waals surface area contributed by atoms with E-state index in [0.717, 1.165) is 19.3 Å². The Morgan fingerprint density at radius 1 is 1.17 bits per heavy atom. The number of benzene rings is 1. The lowest BCUT2D eigenvalue weighted by Gasteiger charge is -2.29. The van der Waals surface area contributed by atoms with Crippen LogP contribution in [0.15, 0.2) is 24.3 Å². The summed E-state index contributed by atoms with van der Waals surface area (Å²) in [6.07, 6.45) is 4.54. The molecule has 0 radical (unpaired) electrons. The topological polar surface area (TPSA) is 55.4 Å². The molecule has 0 aromatic heterocycles. The lowest BCUT2D eigenvalue weighted by atomic mass is 9.86. The Balaban J connectivity index is 1.80. The summed E-state index contributed by atoms with van der Waals surface area (Å²) in [4.78, 5) is 23.9. The van der Waals surface area contributed by atoms with Gasteiger partial charge in [-0.2, -0.15) is 0 Å². The van der Waals surface area contributed by atoms with Gasteiger partial charge in [0.15, 0.2) is 6.61 Å². The van der Waals surface area contributed by atoms with Crippen molar-refractivity contribution in [1.29, 1.82) is 0 Å². The molecule has 23 heavy (non-hydrogen) atoms. The van der Waals surface area contributed by atoms with E-state index < -0.39 is 5.97 Å². The molecule has 2 atom stereocenters. The van der Waals surface area contributed by atoms with Crippen molar-refractivity contribution in [2.75, 3.05) is 6.61 Å². The minimum absolute atomic E-state index is 0.209. The van der Waals surface area contributed by atoms with Crippen LogP contribution < -0.4 is 5.32 Å². The first-order chi connectivity index (χ1) is 11.0. The van der Waals surface area contributed by atoms with Crippen LogP contribution in [-0.2, 0) is 9.53 Å². The van der Waals surface area contributed by atoms with Crippen LogP contribution >= 0.6 is 0 Å². The third kappa shape index (κ3) is 5.08. The van der Waals surface area contributed by atoms with Crippen molar-refractivity contribution in [2.24, 2.45) is 5.92 Å². The van der Waals surface area contributed by atoms with Gasteiger partial charge >= 0.3 is 5.97 Å². The van der Waals surface area contributed by atoms with Gasteiger partial charge in [-0.1, -0.05) is 45.7 Å². The summed E-state index contributed by atoms with van der Waals surface area (Å²) in [6, 6.07) is 7.55. The van der Waals surface area contributed by atoms with Crippen LogP contribution in [0.5, 0.6) is 0 Å². The van der Waals surface area contributed by atoms with Gasteiger partial charge in [0, 0.05) is 6.04 Å². The van der Waals surface area contributed by atoms with E-state index in [0.29, 0.717) is 17.4 Å². The van der Waals surface area contributed by atoms with E-state index in [1.807, 2.05) is 12.1 Å². The Labute approximate surface area is 138 Å². The first-order valence-electron chi connectivity index (χ1n) is 8.54. The molecule has 4 nitrogen and oxygen atoms in total. The van der Waals surface area contributed by atoms with Gasteiger partial charge < -0.3 is 10.1 Å². The molecular formula is C19H27NO3. The maximum absolute atomic E-state index is 12.0. The average molecular weight is 317 g/mol. The summed E-state index contributed by atoms with van der Waals surface area (Å²) in [7, 11) is 0. The van der Waals surface area contributed by atoms with E-state index in [9.17, 15) is 9.59 Å². The highest BCUT2D eigenvalue weighted by Crippen LogP contribution is 2.23. The van der Waals surface area contributed by atoms with E-state index in [4.69, 9.17) is 4.74 Å². The summed E-state index contributed by atoms with van der Waals surface area (Å²) in [5.74, 6) is 0.248. The Kier molecular flexibility index (Phi) is 6.20. The van der Waals surface area contributed by atoms with Crippen molar-refractivity contribution in [3.05, 3.63) is 35.4 Å². The van der Waals surface area contributed by atoms with E-state index in [2.05, 4.69) is 26.1 Å². The van der Waals surface area contributed by atoms with E-state index >= 15 is 0 Å². The van der Waals surface area contributed by atoms with Crippen LogP contribution in [-0.4, -0.2) is 24.5 Å². The molecule has 0 saturated heterocycles. The molecule has 0 spiro atoms. The lowest BCUT2D eigenvalue weighted by molar-refractivity contribution is -0.125. The largest absolute Gasteiger partial charge is 0.452 e. The molecule has 1 fully saturated rings. The van der Waals surface area contributed by atoms with Crippen LogP contribution in [0.2, 0.25) is 0 Å². The van der Waals surface area contributed by atoms with Crippen LogP contribution in [0.4, 0.5) is 0 Å². The van der Waals surface area contributed by atoms with E-state index in [1.54, 1.807) is 12.1 Å². The van der Waals surface area contributed by atoms with Crippen molar-refractivity contribution < 1.29 is 14.3 Å². The number of esters is 1. The first kappa shape index (κ1) is 17.5. The molecule has 0 bridgehead atoms. The molecule has 126 valence electrons. The second-order valence-electron chi connectivity index (χ2n) is 6.79. The van der Waals surface area contributed by atoms with Crippen molar-refractivity contribution in [3.63, 3.8) is 0 Å². The summed E-state index contributed by atoms with van der Waals surface area (Å²) in [5, 5.41) is 2.98. The summed E-state index contributed by atoms with van der Waals surface area (Å²) < 4.78 is 5.12. The Morgan fingerprint density at radius 2 is 1.83 bits per heavy atom. The number of hydrogen-bond donors (Lipinski definition) is 1. The lowest BCUT2D eigenvalue weighted by Crippen LogP contribution is -2.42. The molecule has 0 aliphatic heterocycles. The quantitative estimate of drug-likeness (QED) is 0.843. The third-order valence-electron chi connectivity index (χ3n) is 4.61. The van der Waals surface area contributed by atoms with E-state index in [1.165, 1.54) is 12.0 Å². The fourth-order valence-corrected chi connectivity index (χ4v) is 3.00. The first-order valence-corrected chi connectivity index (χ1v) is 8.54. The molecule has 1 aliphatic carbocycles. The molecule has 1 N–H and O–H groups in total. The zero-order chi connectivity index (χ0) is 16.8. The second kappa shape index (κ2) is 8.14. The summed E-state index contributed by atoms with van der Waals surface area (Å²) >= 11 is 0. The number of nitrogens with one attached hydrogen (secondary N) is 1. The highest BCUT2D eigenvalue weighted by Gasteiger charge is 2.23. The van der Waals surface area contributed by atoms with Crippen molar-refractivity contribution in [1.82, 2.24) is 5.32 Å². The molecule has 4 heteroatoms. The van der Waals surface area contributed by atoms with Gasteiger partial charge in [-0.25, -0.2) is 4.79 Å². The smallest absolute Gasteiger partial charge is 0.338 e. The van der Waals surface area contributed by atoms with Gasteiger partial charge in [0.2, 0.25) is 0 Å². The number of amides is 1. The molecule has 1 saturated carbocycles. The van der Waals surface area contributed by atoms with Gasteiger partial charge in [0.05, 0.1) is 5.56 Å². The number of rotatable bonds is 5. The van der Waals surface area contributed by atoms with Crippen LogP contribution in [0.1, 0.15) is 68.3 Å². The molecule has 1 amide bonds. The zero-order valence-corrected chi connectivity index (χ0v) is 14.3. The summed E-state index contributed by atoms with van der Waals surface area (Å²) in [6.45, 7) is 6.15. The van der Waals surface area contributed by atoms with E-state index in [-0.39, 0.29) is 18.6 Å². The molecule has 0 heterocycles. The standard InChI is InChI=1S/C19H27NO3/c1-13(2)15-8-10-16(11-9-15)19(22)23-12-18(21)20-17-7-5-4-6-14(17)3/h8-11,13-14,17H,4-7,12H2,1-3H3,(H,20,21)/t14-,17-/m1/s1. The minimum Gasteiger partial charge on any atom is -0.452 e. The van der Waals surface area contributed by atoms with Gasteiger partial charge in [-0.15, -0.1) is 0 Å². The summed E-state index contributed by atoms with van der Waals surface area (Å²) in [5.41, 5.74) is 1.65. The molecule has 0 unspecified atom stereocenters. The van der Waals surface area contributed by atoms with Gasteiger partial charge in [-0.3, -0.25) is 4.79 Å². The fraction of sp³-hybridized carbons (Fsp3) is 0.579. The van der Waals surface area contributed by atoms with Gasteiger partial charge in [0.1, 0.15) is 0 Å². The third-order valence-corrected chi connectivity index (χ3v) is 4.61. The second-order valence-corrected chi connectivity index (χ2v) is 6.79. The van der Waals surface area contributed by atoms with Crippen molar-refractivity contribution >= 4 is 11.9 Å². The fourth-order valence-electron chi connectivity index (χ4n) is 3.00. The Morgan fingerprint density at radius 3 is 2.43 bits per heavy atom. The van der Waals surface area contributed by atoms with Crippen LogP contribution in [0, 0.1) is 5.92 Å². The number of carbonyl (C=O) groups excluding carboxylic acids is 2. The van der Waals surface area contributed by atoms with Crippen LogP contribution in [0.3, 0.4) is 0 Å². The predicted octanol–water partition coefficient (Wildman–Crippen LogP) is 3.66. The molecule has 1 aliphatic rings. The Bertz CT molecular complexity index is 536. The predicted molar refractivity (Wildman–Crippen MR) is 90.4 cm³/mol. The highest BCUT2D eigenvalue weighted by molar-refractivity contribution is 5.91. The molecule has 1 aromatic rings. The highest BCUT2D eigenvalue weighted by atomic mass is 16.5. The maximum atomic E-state index is 12.0. The van der Waals surface area contributed by atoms with Gasteiger partial charge in [0.25, 0.3) is 5.91 Å². The molecular weight excluding hydrogens is 290 g/mol.